The molecule has 1 fully saturated rings. The molecule has 2 aromatic rings. The minimum Gasteiger partial charge on any atom is -0.845 e. The zero-order valence-electron chi connectivity index (χ0n) is 19.6. The van der Waals surface area contributed by atoms with Gasteiger partial charge in [-0.05, 0) is 93.8 Å². The number of alkyl halides is 2. The zero-order valence-corrected chi connectivity index (χ0v) is 20.4. The number of likely N-dealkylation sites (tertiary alicyclic amines) is 1. The fourth-order valence-corrected chi connectivity index (χ4v) is 6.85. The maximum absolute atomic E-state index is 13.4. The first-order valence-electron chi connectivity index (χ1n) is 12.0. The van der Waals surface area contributed by atoms with E-state index in [-0.39, 0.29) is 5.69 Å². The molecule has 1 N–H and O–H groups in total. The minimum absolute atomic E-state index is 0.0297. The molecular weight excluding hydrogens is 478 g/mol. The average molecular weight is 508 g/mol. The van der Waals surface area contributed by atoms with Crippen molar-refractivity contribution in [2.24, 2.45) is 4.40 Å². The van der Waals surface area contributed by atoms with E-state index in [9.17, 15) is 22.3 Å². The number of aryl methyl sites for hydroxylation is 2. The van der Waals surface area contributed by atoms with Crippen molar-refractivity contribution in [2.45, 2.75) is 64.0 Å². The fraction of sp³-hybridized carbons (Fsp3) is 0.565. The highest BCUT2D eigenvalue weighted by Gasteiger charge is 2.34. The van der Waals surface area contributed by atoms with Crippen LogP contribution in [0.15, 0.2) is 22.9 Å². The number of benzene rings is 1. The molecule has 1 saturated heterocycles. The van der Waals surface area contributed by atoms with Crippen molar-refractivity contribution in [2.75, 3.05) is 29.8 Å². The summed E-state index contributed by atoms with van der Waals surface area (Å²) in [6.45, 7) is -1.64. The molecule has 1 aromatic heterocycles. The Morgan fingerprint density at radius 3 is 2.37 bits per heavy atom. The number of anilines is 2. The van der Waals surface area contributed by atoms with Gasteiger partial charge in [0, 0.05) is 11.7 Å². The van der Waals surface area contributed by atoms with Crippen LogP contribution in [0, 0.1) is 0 Å². The van der Waals surface area contributed by atoms with Crippen LogP contribution in [0.2, 0.25) is 0 Å². The van der Waals surface area contributed by atoms with E-state index in [1.165, 1.54) is 11.1 Å². The quantitative estimate of drug-likeness (QED) is 0.475. The van der Waals surface area contributed by atoms with E-state index in [4.69, 9.17) is 0 Å². The second kappa shape index (κ2) is 9.38. The summed E-state index contributed by atoms with van der Waals surface area (Å²) < 4.78 is 58.1. The van der Waals surface area contributed by atoms with Gasteiger partial charge in [0.2, 0.25) is 0 Å². The van der Waals surface area contributed by atoms with Crippen LogP contribution in [-0.4, -0.2) is 55.3 Å². The van der Waals surface area contributed by atoms with Crippen molar-refractivity contribution < 1.29 is 22.3 Å². The minimum atomic E-state index is -4.52. The molecule has 1 aliphatic heterocycles. The molecule has 0 unspecified atom stereocenters. The van der Waals surface area contributed by atoms with Crippen LogP contribution in [0.5, 0.6) is 0 Å². The van der Waals surface area contributed by atoms with Crippen molar-refractivity contribution in [3.8, 4) is 0 Å². The van der Waals surface area contributed by atoms with Crippen molar-refractivity contribution in [1.82, 2.24) is 14.7 Å². The summed E-state index contributed by atoms with van der Waals surface area (Å²) in [5.41, 5.74) is 5.21. The number of hydrogen-bond donors (Lipinski definition) is 1. The van der Waals surface area contributed by atoms with Crippen LogP contribution in [0.3, 0.4) is 0 Å². The standard InChI is InChI=1S/C23H30F2N6O3S/c1-29-10-8-17(9-11-29)31(18-13-26-30(14-18)22(24)25)35(33,34)28-23(32)27-21-19-6-2-4-15(19)12-16-5-3-7-20(16)21/h12-14,17,22H,2-11H2,1H3,(H2,27,28,32)/p-1. The molecule has 5 rings (SSSR count). The van der Waals surface area contributed by atoms with Gasteiger partial charge >= 0.3 is 16.8 Å². The van der Waals surface area contributed by atoms with Crippen molar-refractivity contribution in [3.63, 3.8) is 0 Å². The smallest absolute Gasteiger partial charge is 0.345 e. The molecule has 35 heavy (non-hydrogen) atoms. The summed E-state index contributed by atoms with van der Waals surface area (Å²) in [6, 6.07) is 0.725. The van der Waals surface area contributed by atoms with Crippen molar-refractivity contribution in [1.29, 1.82) is 0 Å². The molecule has 2 heterocycles. The molecular formula is C23H29F2N6O3S-. The lowest BCUT2D eigenvalue weighted by Crippen LogP contribution is -2.47. The maximum atomic E-state index is 13.4. The number of rotatable bonds is 6. The third-order valence-electron chi connectivity index (χ3n) is 7.21. The number of nitrogens with zero attached hydrogens (tertiary/aromatic N) is 5. The van der Waals surface area contributed by atoms with Crippen LogP contribution >= 0.6 is 0 Å². The first-order valence-corrected chi connectivity index (χ1v) is 13.4. The normalized spacial score (nSPS) is 19.3. The molecule has 9 nitrogen and oxygen atoms in total. The van der Waals surface area contributed by atoms with E-state index in [1.54, 1.807) is 0 Å². The summed E-state index contributed by atoms with van der Waals surface area (Å²) in [5.74, 6) is 0. The predicted molar refractivity (Wildman–Crippen MR) is 127 cm³/mol. The Morgan fingerprint density at radius 2 is 1.80 bits per heavy atom. The molecule has 0 bridgehead atoms. The SMILES string of the molecule is CN1CCC(N(c2cnn(C(F)F)c2)S(=O)(=O)/N=C(\[O-])Nc2c3c(cc4c2CCC4)CCC3)CC1. The van der Waals surface area contributed by atoms with Gasteiger partial charge in [0.1, 0.15) is 0 Å². The molecule has 2 aliphatic carbocycles. The molecule has 0 radical (unpaired) electrons. The molecule has 190 valence electrons. The summed E-state index contributed by atoms with van der Waals surface area (Å²) >= 11 is 0. The van der Waals surface area contributed by atoms with Gasteiger partial charge in [-0.15, -0.1) is 4.40 Å². The number of piperidine rings is 1. The number of hydrogen-bond acceptors (Lipinski definition) is 5. The average Bonchev–Trinajstić information content (AvgIpc) is 3.55. The summed E-state index contributed by atoms with van der Waals surface area (Å²) in [5, 5.41) is 19.4. The van der Waals surface area contributed by atoms with Crippen LogP contribution in [0.4, 0.5) is 20.2 Å². The lowest BCUT2D eigenvalue weighted by molar-refractivity contribution is -0.213. The Bertz CT molecular complexity index is 1210. The highest BCUT2D eigenvalue weighted by atomic mass is 32.2. The third kappa shape index (κ3) is 4.73. The first kappa shape index (κ1) is 24.0. The highest BCUT2D eigenvalue weighted by Crippen LogP contribution is 2.38. The lowest BCUT2D eigenvalue weighted by Gasteiger charge is -2.36. The van der Waals surface area contributed by atoms with Crippen molar-refractivity contribution in [3.05, 3.63) is 40.7 Å². The Morgan fingerprint density at radius 1 is 1.17 bits per heavy atom. The Labute approximate surface area is 203 Å². The summed E-state index contributed by atoms with van der Waals surface area (Å²) in [4.78, 5) is 2.06. The second-order valence-corrected chi connectivity index (χ2v) is 11.0. The van der Waals surface area contributed by atoms with E-state index < -0.39 is 28.8 Å². The van der Waals surface area contributed by atoms with Gasteiger partial charge in [-0.3, -0.25) is 0 Å². The Balaban J connectivity index is 1.48. The van der Waals surface area contributed by atoms with Gasteiger partial charge in [0.15, 0.2) is 0 Å². The monoisotopic (exact) mass is 507 g/mol. The zero-order chi connectivity index (χ0) is 24.7. The van der Waals surface area contributed by atoms with Gasteiger partial charge in [-0.1, -0.05) is 6.07 Å². The second-order valence-electron chi connectivity index (χ2n) is 9.52. The maximum Gasteiger partial charge on any atom is 0.345 e. The van der Waals surface area contributed by atoms with Gasteiger partial charge in [-0.25, -0.2) is 8.99 Å². The Kier molecular flexibility index (Phi) is 6.43. The third-order valence-corrected chi connectivity index (χ3v) is 8.62. The number of nitrogens with one attached hydrogen (secondary N) is 1. The summed E-state index contributed by atoms with van der Waals surface area (Å²) in [7, 11) is -2.59. The van der Waals surface area contributed by atoms with Crippen LogP contribution < -0.4 is 14.7 Å². The number of amidine groups is 1. The van der Waals surface area contributed by atoms with E-state index in [2.05, 4.69) is 25.8 Å². The number of halogens is 2. The van der Waals surface area contributed by atoms with Crippen LogP contribution in [0.25, 0.3) is 0 Å². The molecule has 0 saturated carbocycles. The number of fused-ring (bicyclic) bond motifs is 2. The molecule has 0 spiro atoms. The number of aromatic nitrogens is 2. The van der Waals surface area contributed by atoms with E-state index in [1.807, 2.05) is 7.05 Å². The Hall–Kier alpha value is -2.73. The van der Waals surface area contributed by atoms with Crippen LogP contribution in [-0.2, 0) is 35.9 Å². The fourth-order valence-electron chi connectivity index (χ4n) is 5.56. The molecule has 0 amide bonds. The largest absolute Gasteiger partial charge is 0.845 e. The lowest BCUT2D eigenvalue weighted by atomic mass is 9.99. The van der Waals surface area contributed by atoms with Crippen LogP contribution in [0.1, 0.15) is 54.5 Å². The van der Waals surface area contributed by atoms with E-state index >= 15 is 0 Å². The molecule has 1 aromatic carbocycles. The van der Waals surface area contributed by atoms with Gasteiger partial charge in [-0.2, -0.15) is 22.3 Å². The van der Waals surface area contributed by atoms with Gasteiger partial charge in [0.05, 0.1) is 24.1 Å². The van der Waals surface area contributed by atoms with E-state index in [0.717, 1.165) is 66.4 Å². The molecule has 3 aliphatic rings. The highest BCUT2D eigenvalue weighted by molar-refractivity contribution is 7.91. The van der Waals surface area contributed by atoms with Gasteiger partial charge < -0.3 is 15.3 Å². The summed E-state index contributed by atoms with van der Waals surface area (Å²) in [6.07, 6.45) is 8.55. The van der Waals surface area contributed by atoms with Gasteiger partial charge in [0.25, 0.3) is 0 Å². The molecule has 0 atom stereocenters. The first-order chi connectivity index (χ1) is 16.7. The topological polar surface area (TPSA) is 106 Å². The van der Waals surface area contributed by atoms with E-state index in [0.29, 0.717) is 36.3 Å². The predicted octanol–water partition coefficient (Wildman–Crippen LogP) is 2.23. The van der Waals surface area contributed by atoms with Crippen molar-refractivity contribution >= 4 is 27.6 Å². The molecule has 12 heteroatoms.